The van der Waals surface area contributed by atoms with E-state index in [1.807, 2.05) is 0 Å². The van der Waals surface area contributed by atoms with Crippen LogP contribution in [0.15, 0.2) is 12.3 Å². The van der Waals surface area contributed by atoms with Crippen molar-refractivity contribution in [2.75, 3.05) is 13.2 Å². The van der Waals surface area contributed by atoms with E-state index in [4.69, 9.17) is 10.5 Å². The average Bonchev–Trinajstić information content (AvgIpc) is 2.17. The van der Waals surface area contributed by atoms with Gasteiger partial charge >= 0.3 is 0 Å². The molecule has 1 saturated heterocycles. The number of pyridine rings is 1. The fraction of sp³-hybridized carbons (Fsp3) is 0.455. The maximum absolute atomic E-state index is 11.1. The Morgan fingerprint density at radius 2 is 2.50 bits per heavy atom. The van der Waals surface area contributed by atoms with Crippen molar-refractivity contribution in [3.05, 3.63) is 23.5 Å². The first-order chi connectivity index (χ1) is 7.66. The summed E-state index contributed by atoms with van der Waals surface area (Å²) in [5, 5.41) is 3.23. The summed E-state index contributed by atoms with van der Waals surface area (Å²) in [7, 11) is 0. The third-order valence-electron chi connectivity index (χ3n) is 2.70. The van der Waals surface area contributed by atoms with Gasteiger partial charge in [-0.2, -0.15) is 0 Å². The summed E-state index contributed by atoms with van der Waals surface area (Å²) in [5.74, 6) is 0.116. The number of carbonyl (C=O) groups excluding carboxylic acids is 1. The van der Waals surface area contributed by atoms with Crippen molar-refractivity contribution in [2.45, 2.75) is 19.4 Å². The lowest BCUT2D eigenvalue weighted by atomic mass is 10.1. The predicted molar refractivity (Wildman–Crippen MR) is 59.4 cm³/mol. The molecule has 16 heavy (non-hydrogen) atoms. The Balaban J connectivity index is 2.03. The second kappa shape index (κ2) is 4.49. The molecule has 2 rings (SSSR count). The SMILES string of the molecule is Cc1ncc(OCC2CCN2)cc1C(N)=O. The summed E-state index contributed by atoms with van der Waals surface area (Å²) in [6.07, 6.45) is 2.74. The van der Waals surface area contributed by atoms with Crippen LogP contribution in [0.3, 0.4) is 0 Å². The molecule has 1 fully saturated rings. The Bertz CT molecular complexity index is 402. The van der Waals surface area contributed by atoms with Gasteiger partial charge in [-0.3, -0.25) is 9.78 Å². The minimum absolute atomic E-state index is 0.415. The molecule has 5 nitrogen and oxygen atoms in total. The summed E-state index contributed by atoms with van der Waals surface area (Å²) in [6.45, 7) is 3.40. The molecule has 1 aliphatic rings. The number of carbonyl (C=O) groups is 1. The Morgan fingerprint density at radius 3 is 3.06 bits per heavy atom. The van der Waals surface area contributed by atoms with Crippen LogP contribution in [0, 0.1) is 6.92 Å². The number of nitrogens with two attached hydrogens (primary N) is 1. The fourth-order valence-corrected chi connectivity index (χ4v) is 1.53. The molecule has 5 heteroatoms. The van der Waals surface area contributed by atoms with E-state index in [0.29, 0.717) is 29.7 Å². The highest BCUT2D eigenvalue weighted by Crippen LogP contribution is 2.15. The molecule has 1 aliphatic heterocycles. The zero-order valence-electron chi connectivity index (χ0n) is 9.19. The van der Waals surface area contributed by atoms with Crippen LogP contribution in [0.25, 0.3) is 0 Å². The third-order valence-corrected chi connectivity index (χ3v) is 2.70. The minimum atomic E-state index is -0.475. The van der Waals surface area contributed by atoms with Crippen LogP contribution in [0.2, 0.25) is 0 Å². The number of nitrogens with zero attached hydrogens (tertiary/aromatic N) is 1. The van der Waals surface area contributed by atoms with E-state index < -0.39 is 5.91 Å². The van der Waals surface area contributed by atoms with Gasteiger partial charge in [0.05, 0.1) is 17.5 Å². The van der Waals surface area contributed by atoms with Gasteiger partial charge in [0, 0.05) is 6.04 Å². The monoisotopic (exact) mass is 221 g/mol. The van der Waals surface area contributed by atoms with Gasteiger partial charge in [0.15, 0.2) is 0 Å². The molecule has 0 aliphatic carbocycles. The smallest absolute Gasteiger partial charge is 0.250 e. The summed E-state index contributed by atoms with van der Waals surface area (Å²) < 4.78 is 5.52. The maximum Gasteiger partial charge on any atom is 0.250 e. The minimum Gasteiger partial charge on any atom is -0.490 e. The molecule has 86 valence electrons. The van der Waals surface area contributed by atoms with Crippen molar-refractivity contribution >= 4 is 5.91 Å². The molecule has 1 atom stereocenters. The lowest BCUT2D eigenvalue weighted by Gasteiger charge is -2.27. The highest BCUT2D eigenvalue weighted by molar-refractivity contribution is 5.94. The molecular formula is C11H15N3O2. The molecule has 3 N–H and O–H groups in total. The Kier molecular flexibility index (Phi) is 3.05. The van der Waals surface area contributed by atoms with Crippen molar-refractivity contribution in [3.8, 4) is 5.75 Å². The fourth-order valence-electron chi connectivity index (χ4n) is 1.53. The number of nitrogens with one attached hydrogen (secondary N) is 1. The zero-order chi connectivity index (χ0) is 11.5. The molecule has 1 aromatic rings. The van der Waals surface area contributed by atoms with Gasteiger partial charge in [0.2, 0.25) is 0 Å². The van der Waals surface area contributed by atoms with Crippen molar-refractivity contribution in [3.63, 3.8) is 0 Å². The van der Waals surface area contributed by atoms with Gasteiger partial charge in [-0.05, 0) is 26.0 Å². The van der Waals surface area contributed by atoms with E-state index in [1.165, 1.54) is 0 Å². The van der Waals surface area contributed by atoms with Crippen LogP contribution < -0.4 is 15.8 Å². The number of primary amides is 1. The number of ether oxygens (including phenoxy) is 1. The van der Waals surface area contributed by atoms with Crippen LogP contribution in [-0.4, -0.2) is 30.1 Å². The number of rotatable bonds is 4. The summed E-state index contributed by atoms with van der Waals surface area (Å²) in [5.41, 5.74) is 6.27. The normalized spacial score (nSPS) is 18.9. The van der Waals surface area contributed by atoms with E-state index in [1.54, 1.807) is 19.2 Å². The van der Waals surface area contributed by atoms with Crippen LogP contribution in [0.4, 0.5) is 0 Å². The molecule has 1 aromatic heterocycles. The highest BCUT2D eigenvalue weighted by atomic mass is 16.5. The van der Waals surface area contributed by atoms with Gasteiger partial charge in [0.25, 0.3) is 5.91 Å². The lowest BCUT2D eigenvalue weighted by molar-refractivity contribution is 0.0998. The van der Waals surface area contributed by atoms with E-state index in [9.17, 15) is 4.79 Å². The first kappa shape index (κ1) is 10.9. The van der Waals surface area contributed by atoms with Gasteiger partial charge in [-0.15, -0.1) is 0 Å². The molecule has 0 aromatic carbocycles. The zero-order valence-corrected chi connectivity index (χ0v) is 9.19. The Hall–Kier alpha value is -1.62. The number of hydrogen-bond donors (Lipinski definition) is 2. The average molecular weight is 221 g/mol. The number of hydrogen-bond acceptors (Lipinski definition) is 4. The summed E-state index contributed by atoms with van der Waals surface area (Å²) in [4.78, 5) is 15.2. The molecule has 0 radical (unpaired) electrons. The van der Waals surface area contributed by atoms with Gasteiger partial charge in [-0.1, -0.05) is 0 Å². The third kappa shape index (κ3) is 2.30. The van der Waals surface area contributed by atoms with Crippen molar-refractivity contribution in [1.29, 1.82) is 0 Å². The molecular weight excluding hydrogens is 206 g/mol. The van der Waals surface area contributed by atoms with Crippen molar-refractivity contribution in [2.24, 2.45) is 5.73 Å². The molecule has 1 amide bonds. The quantitative estimate of drug-likeness (QED) is 0.763. The first-order valence-electron chi connectivity index (χ1n) is 5.29. The highest BCUT2D eigenvalue weighted by Gasteiger charge is 2.17. The first-order valence-corrected chi connectivity index (χ1v) is 5.29. The lowest BCUT2D eigenvalue weighted by Crippen LogP contribution is -2.46. The largest absolute Gasteiger partial charge is 0.490 e. The molecule has 0 spiro atoms. The maximum atomic E-state index is 11.1. The van der Waals surface area contributed by atoms with E-state index in [2.05, 4.69) is 10.3 Å². The summed E-state index contributed by atoms with van der Waals surface area (Å²) in [6, 6.07) is 2.06. The van der Waals surface area contributed by atoms with Gasteiger partial charge in [0.1, 0.15) is 12.4 Å². The van der Waals surface area contributed by atoms with Crippen LogP contribution in [-0.2, 0) is 0 Å². The van der Waals surface area contributed by atoms with Crippen LogP contribution in [0.5, 0.6) is 5.75 Å². The summed E-state index contributed by atoms with van der Waals surface area (Å²) >= 11 is 0. The second-order valence-electron chi connectivity index (χ2n) is 3.92. The Labute approximate surface area is 94.0 Å². The van der Waals surface area contributed by atoms with E-state index in [-0.39, 0.29) is 0 Å². The van der Waals surface area contributed by atoms with Crippen LogP contribution >= 0.6 is 0 Å². The molecule has 2 heterocycles. The second-order valence-corrected chi connectivity index (χ2v) is 3.92. The molecule has 0 bridgehead atoms. The van der Waals surface area contributed by atoms with Crippen LogP contribution in [0.1, 0.15) is 22.5 Å². The predicted octanol–water partition coefficient (Wildman–Crippen LogP) is 0.230. The number of aromatic nitrogens is 1. The van der Waals surface area contributed by atoms with E-state index >= 15 is 0 Å². The topological polar surface area (TPSA) is 77.2 Å². The van der Waals surface area contributed by atoms with Gasteiger partial charge < -0.3 is 15.8 Å². The standard InChI is InChI=1S/C11H15N3O2/c1-7-10(11(12)15)4-9(5-14-7)16-6-8-2-3-13-8/h4-5,8,13H,2-3,6H2,1H3,(H2,12,15). The number of amides is 1. The molecule has 0 saturated carbocycles. The molecule has 1 unspecified atom stereocenters. The van der Waals surface area contributed by atoms with E-state index in [0.717, 1.165) is 13.0 Å². The van der Waals surface area contributed by atoms with Gasteiger partial charge in [-0.25, -0.2) is 0 Å². The Morgan fingerprint density at radius 1 is 1.75 bits per heavy atom. The number of aryl methyl sites for hydroxylation is 1. The van der Waals surface area contributed by atoms with Crippen molar-refractivity contribution < 1.29 is 9.53 Å². The van der Waals surface area contributed by atoms with Crippen molar-refractivity contribution in [1.82, 2.24) is 10.3 Å².